The van der Waals surface area contributed by atoms with Gasteiger partial charge in [-0.3, -0.25) is 0 Å². The Morgan fingerprint density at radius 1 is 0.455 bits per heavy atom. The Balaban J connectivity index is 0.953. The van der Waals surface area contributed by atoms with E-state index in [1.165, 1.54) is 87.6 Å². The molecule has 66 heavy (non-hydrogen) atoms. The van der Waals surface area contributed by atoms with Gasteiger partial charge in [-0.25, -0.2) is 9.97 Å². The lowest BCUT2D eigenvalue weighted by Crippen LogP contribution is -2.28. The second-order valence-corrected chi connectivity index (χ2v) is 18.3. The highest BCUT2D eigenvalue weighted by Gasteiger charge is 2.52. The van der Waals surface area contributed by atoms with Crippen LogP contribution in [0.4, 0.5) is 0 Å². The standard InChI is InChI=1S/C64H42N2/c1-39-53(46-32-26-40-14-2-4-16-44(40)36-46)38-59(66-62(39)47-33-27-41-15-3-5-17-45(41)37-47)42-28-30-43(31-29-42)63-52-34-35-57-61(60(52)51-21-9-13-25-58(51)65-63)50-20-8-12-24-56(50)64(57)54-22-10-6-18-48(54)49-19-7-11-23-55(49)64/h2-31,33-38,46H,32H2,1H3. The van der Waals surface area contributed by atoms with E-state index in [2.05, 4.69) is 225 Å². The largest absolute Gasteiger partial charge is 0.247 e. The average Bonchev–Trinajstić information content (AvgIpc) is 3.86. The van der Waals surface area contributed by atoms with Crippen LogP contribution in [-0.4, -0.2) is 9.97 Å². The van der Waals surface area contributed by atoms with Crippen LogP contribution >= 0.6 is 0 Å². The topological polar surface area (TPSA) is 25.8 Å². The summed E-state index contributed by atoms with van der Waals surface area (Å²) in [7, 11) is 0. The Kier molecular flexibility index (Phi) is 7.98. The second kappa shape index (κ2) is 14.1. The Morgan fingerprint density at radius 2 is 1.08 bits per heavy atom. The molecule has 0 saturated heterocycles. The highest BCUT2D eigenvalue weighted by Crippen LogP contribution is 2.64. The Labute approximate surface area is 383 Å². The molecule has 1 atom stereocenters. The van der Waals surface area contributed by atoms with Crippen molar-refractivity contribution in [2.45, 2.75) is 24.7 Å². The van der Waals surface area contributed by atoms with Gasteiger partial charge in [-0.1, -0.05) is 200 Å². The Morgan fingerprint density at radius 3 is 1.86 bits per heavy atom. The quantitative estimate of drug-likeness (QED) is 0.165. The first-order valence-electron chi connectivity index (χ1n) is 23.2. The van der Waals surface area contributed by atoms with Crippen LogP contribution in [-0.2, 0) is 5.41 Å². The zero-order valence-electron chi connectivity index (χ0n) is 36.5. The van der Waals surface area contributed by atoms with Crippen LogP contribution < -0.4 is 10.4 Å². The van der Waals surface area contributed by atoms with E-state index >= 15 is 0 Å². The van der Waals surface area contributed by atoms with Crippen molar-refractivity contribution in [1.82, 2.24) is 9.97 Å². The number of fused-ring (bicyclic) bond motifs is 16. The summed E-state index contributed by atoms with van der Waals surface area (Å²) in [6, 6.07) is 76.1. The Hall–Kier alpha value is -8.20. The maximum Gasteiger partial charge on any atom is 0.0788 e. The first-order chi connectivity index (χ1) is 32.6. The minimum atomic E-state index is -0.415. The van der Waals surface area contributed by atoms with Crippen molar-refractivity contribution in [3.63, 3.8) is 0 Å². The van der Waals surface area contributed by atoms with Gasteiger partial charge in [-0.15, -0.1) is 0 Å². The number of aromatic nitrogens is 2. The van der Waals surface area contributed by atoms with Gasteiger partial charge in [-0.2, -0.15) is 0 Å². The highest BCUT2D eigenvalue weighted by atomic mass is 14.7. The van der Waals surface area contributed by atoms with E-state index in [4.69, 9.17) is 9.97 Å². The molecule has 0 N–H and O–H groups in total. The number of pyridine rings is 2. The van der Waals surface area contributed by atoms with Gasteiger partial charge in [0.2, 0.25) is 0 Å². The fraction of sp³-hybridized carbons (Fsp3) is 0.0625. The first-order valence-corrected chi connectivity index (χ1v) is 23.2. The average molecular weight is 839 g/mol. The Bertz CT molecular complexity index is 3940. The molecule has 1 unspecified atom stereocenters. The third-order valence-electron chi connectivity index (χ3n) is 15.0. The molecule has 2 heteroatoms. The van der Waals surface area contributed by atoms with Crippen LogP contribution in [0.25, 0.3) is 101 Å². The minimum Gasteiger partial charge on any atom is -0.247 e. The fourth-order valence-corrected chi connectivity index (χ4v) is 12.0. The summed E-state index contributed by atoms with van der Waals surface area (Å²) in [5.41, 5.74) is 20.1. The van der Waals surface area contributed by atoms with Gasteiger partial charge in [0.1, 0.15) is 0 Å². The number of hydrogen-bond acceptors (Lipinski definition) is 2. The van der Waals surface area contributed by atoms with Crippen molar-refractivity contribution in [2.24, 2.45) is 0 Å². The third kappa shape index (κ3) is 5.24. The number of nitrogens with zero attached hydrogens (tertiary/aromatic N) is 2. The maximum atomic E-state index is 5.50. The van der Waals surface area contributed by atoms with Crippen molar-refractivity contribution >= 4 is 44.6 Å². The molecule has 0 fully saturated rings. The molecule has 308 valence electrons. The summed E-state index contributed by atoms with van der Waals surface area (Å²) in [6.45, 7) is 2.26. The number of benzene rings is 9. The molecule has 0 bridgehead atoms. The second-order valence-electron chi connectivity index (χ2n) is 18.3. The van der Waals surface area contributed by atoms with Crippen molar-refractivity contribution in [1.29, 1.82) is 0 Å². The summed E-state index contributed by atoms with van der Waals surface area (Å²) in [5, 5.41) is 8.64. The molecule has 0 aliphatic heterocycles. The zero-order chi connectivity index (χ0) is 43.5. The fourth-order valence-electron chi connectivity index (χ4n) is 12.0. The van der Waals surface area contributed by atoms with Crippen LogP contribution in [0, 0.1) is 6.92 Å². The predicted octanol–water partition coefficient (Wildman–Crippen LogP) is 14.3. The summed E-state index contributed by atoms with van der Waals surface area (Å²) >= 11 is 0. The smallest absolute Gasteiger partial charge is 0.0788 e. The molecular weight excluding hydrogens is 797 g/mol. The lowest BCUT2D eigenvalue weighted by molar-refractivity contribution is 0.794. The molecule has 3 aliphatic carbocycles. The molecule has 14 rings (SSSR count). The molecule has 0 saturated carbocycles. The van der Waals surface area contributed by atoms with Crippen LogP contribution in [0.15, 0.2) is 206 Å². The van der Waals surface area contributed by atoms with Crippen LogP contribution in [0.1, 0.15) is 45.7 Å². The van der Waals surface area contributed by atoms with E-state index in [-0.39, 0.29) is 5.92 Å². The van der Waals surface area contributed by atoms with Crippen molar-refractivity contribution in [3.05, 3.63) is 250 Å². The summed E-state index contributed by atoms with van der Waals surface area (Å²) in [6.07, 6.45) is 5.79. The van der Waals surface area contributed by atoms with E-state index < -0.39 is 5.41 Å². The molecular formula is C64H42N2. The highest BCUT2D eigenvalue weighted by molar-refractivity contribution is 6.20. The number of hydrogen-bond donors (Lipinski definition) is 0. The van der Waals surface area contributed by atoms with Gasteiger partial charge < -0.3 is 0 Å². The van der Waals surface area contributed by atoms with E-state index in [0.29, 0.717) is 0 Å². The van der Waals surface area contributed by atoms with Gasteiger partial charge in [0.25, 0.3) is 0 Å². The van der Waals surface area contributed by atoms with Crippen LogP contribution in [0.5, 0.6) is 0 Å². The van der Waals surface area contributed by atoms with Crippen LogP contribution in [0.2, 0.25) is 0 Å². The normalized spacial score (nSPS) is 14.9. The van der Waals surface area contributed by atoms with Gasteiger partial charge in [0.15, 0.2) is 0 Å². The molecule has 9 aromatic carbocycles. The monoisotopic (exact) mass is 838 g/mol. The van der Waals surface area contributed by atoms with E-state index in [9.17, 15) is 0 Å². The number of rotatable bonds is 4. The lowest BCUT2D eigenvalue weighted by Gasteiger charge is -2.30. The first kappa shape index (κ1) is 37.2. The van der Waals surface area contributed by atoms with E-state index in [1.54, 1.807) is 0 Å². The molecule has 1 spiro atoms. The predicted molar refractivity (Wildman–Crippen MR) is 274 cm³/mol. The molecule has 0 amide bonds. The summed E-state index contributed by atoms with van der Waals surface area (Å²) in [5.74, 6) is 0.241. The lowest BCUT2D eigenvalue weighted by atomic mass is 9.70. The van der Waals surface area contributed by atoms with Crippen LogP contribution in [0.3, 0.4) is 0 Å². The molecule has 2 nitrogen and oxygen atoms in total. The van der Waals surface area contributed by atoms with E-state index in [0.717, 1.165) is 51.1 Å². The number of para-hydroxylation sites is 1. The third-order valence-corrected chi connectivity index (χ3v) is 15.0. The molecule has 2 heterocycles. The molecule has 0 radical (unpaired) electrons. The van der Waals surface area contributed by atoms with E-state index in [1.807, 2.05) is 0 Å². The molecule has 11 aromatic rings. The SMILES string of the molecule is Cc1c(C2C=c3ccccc3=CC2)cc(-c2ccc(-c3nc4ccccc4c4c5c(ccc34)C3(c4ccccc4-c4ccccc43)c3ccccc3-5)cc2)nc1-c1ccc2ccccc2c1. The van der Waals surface area contributed by atoms with Gasteiger partial charge >= 0.3 is 0 Å². The van der Waals surface area contributed by atoms with Crippen molar-refractivity contribution in [2.75, 3.05) is 0 Å². The maximum absolute atomic E-state index is 5.50. The summed E-state index contributed by atoms with van der Waals surface area (Å²) in [4.78, 5) is 11.0. The van der Waals surface area contributed by atoms with Crippen molar-refractivity contribution < 1.29 is 0 Å². The molecule has 2 aromatic heterocycles. The van der Waals surface area contributed by atoms with Gasteiger partial charge in [-0.05, 0) is 108 Å². The summed E-state index contributed by atoms with van der Waals surface area (Å²) < 4.78 is 0. The minimum absolute atomic E-state index is 0.241. The van der Waals surface area contributed by atoms with Gasteiger partial charge in [0, 0.05) is 38.8 Å². The zero-order valence-corrected chi connectivity index (χ0v) is 36.5. The van der Waals surface area contributed by atoms with Crippen molar-refractivity contribution in [3.8, 4) is 56.0 Å². The van der Waals surface area contributed by atoms with Gasteiger partial charge in [0.05, 0.1) is 28.0 Å². The molecule has 3 aliphatic rings.